The van der Waals surface area contributed by atoms with Gasteiger partial charge in [0.1, 0.15) is 0 Å². The molecule has 0 bridgehead atoms. The van der Waals surface area contributed by atoms with Crippen molar-refractivity contribution < 1.29 is 4.79 Å². The van der Waals surface area contributed by atoms with E-state index in [0.29, 0.717) is 0 Å². The van der Waals surface area contributed by atoms with E-state index in [0.717, 1.165) is 15.6 Å². The molecule has 0 N–H and O–H groups in total. The van der Waals surface area contributed by atoms with Gasteiger partial charge < -0.3 is 0 Å². The maximum Gasteiger partial charge on any atom is 0.228 e. The number of carbonyl (C=O) groups excluding carboxylic acids is 1. The summed E-state index contributed by atoms with van der Waals surface area (Å²) in [4.78, 5) is 14.3. The number of para-hydroxylation sites is 1. The number of allylic oxidation sites excluding steroid dienone is 1. The van der Waals surface area contributed by atoms with Gasteiger partial charge in [0.25, 0.3) is 0 Å². The maximum atomic E-state index is 11.4. The first-order valence-electron chi connectivity index (χ1n) is 4.48. The minimum atomic E-state index is 0.0653. The summed E-state index contributed by atoms with van der Waals surface area (Å²) in [6, 6.07) is 7.95. The number of rotatable bonds is 0. The molecule has 14 heavy (non-hydrogen) atoms. The first-order valence-corrected chi connectivity index (χ1v) is 5.29. The topological polar surface area (TPSA) is 20.3 Å². The Labute approximate surface area is 87.6 Å². The Morgan fingerprint density at radius 2 is 2.14 bits per heavy atom. The molecule has 72 valence electrons. The summed E-state index contributed by atoms with van der Waals surface area (Å²) in [6.07, 6.45) is 1.96. The summed E-state index contributed by atoms with van der Waals surface area (Å²) in [6.45, 7) is 3.54. The number of benzene rings is 1. The van der Waals surface area contributed by atoms with E-state index in [1.165, 1.54) is 0 Å². The summed E-state index contributed by atoms with van der Waals surface area (Å²) in [5.74, 6) is 0.0653. The second-order valence-corrected chi connectivity index (χ2v) is 4.11. The summed E-state index contributed by atoms with van der Waals surface area (Å²) in [5, 5.41) is 0.999. The lowest BCUT2D eigenvalue weighted by molar-refractivity contribution is -0.116. The van der Waals surface area contributed by atoms with Crippen molar-refractivity contribution in [2.75, 3.05) is 4.90 Å². The molecule has 1 heterocycles. The molecule has 0 aromatic heterocycles. The SMILES string of the molecule is C/C=C1\Sc2ccccc2N1C(C)=O. The average Bonchev–Trinajstić information content (AvgIpc) is 2.55. The van der Waals surface area contributed by atoms with Gasteiger partial charge in [-0.15, -0.1) is 0 Å². The van der Waals surface area contributed by atoms with Crippen LogP contribution in [0.3, 0.4) is 0 Å². The van der Waals surface area contributed by atoms with Crippen LogP contribution in [-0.2, 0) is 4.79 Å². The smallest absolute Gasteiger partial charge is 0.228 e. The van der Waals surface area contributed by atoms with E-state index in [1.54, 1.807) is 23.6 Å². The maximum absolute atomic E-state index is 11.4. The van der Waals surface area contributed by atoms with Gasteiger partial charge in [0.15, 0.2) is 0 Å². The minimum absolute atomic E-state index is 0.0653. The van der Waals surface area contributed by atoms with Crippen LogP contribution >= 0.6 is 11.8 Å². The summed E-state index contributed by atoms with van der Waals surface area (Å²) >= 11 is 1.64. The molecule has 0 aliphatic carbocycles. The van der Waals surface area contributed by atoms with E-state index in [4.69, 9.17) is 0 Å². The Morgan fingerprint density at radius 3 is 2.79 bits per heavy atom. The molecule has 0 radical (unpaired) electrons. The van der Waals surface area contributed by atoms with Crippen LogP contribution in [0, 0.1) is 0 Å². The molecule has 2 nitrogen and oxygen atoms in total. The van der Waals surface area contributed by atoms with Crippen molar-refractivity contribution in [3.05, 3.63) is 35.4 Å². The van der Waals surface area contributed by atoms with Crippen LogP contribution < -0.4 is 4.90 Å². The zero-order valence-electron chi connectivity index (χ0n) is 8.15. The van der Waals surface area contributed by atoms with Crippen molar-refractivity contribution >= 4 is 23.4 Å². The fraction of sp³-hybridized carbons (Fsp3) is 0.182. The summed E-state index contributed by atoms with van der Waals surface area (Å²) < 4.78 is 0. The van der Waals surface area contributed by atoms with Gasteiger partial charge in [0.05, 0.1) is 10.7 Å². The van der Waals surface area contributed by atoms with Crippen LogP contribution in [0.5, 0.6) is 0 Å². The second kappa shape index (κ2) is 3.50. The molecule has 0 atom stereocenters. The number of thioether (sulfide) groups is 1. The molecule has 1 amide bonds. The highest BCUT2D eigenvalue weighted by molar-refractivity contribution is 8.03. The van der Waals surface area contributed by atoms with Crippen LogP contribution in [0.25, 0.3) is 0 Å². The van der Waals surface area contributed by atoms with Crippen LogP contribution in [0.4, 0.5) is 5.69 Å². The van der Waals surface area contributed by atoms with E-state index >= 15 is 0 Å². The normalized spacial score (nSPS) is 17.3. The fourth-order valence-corrected chi connectivity index (χ4v) is 2.59. The molecule has 2 rings (SSSR count). The lowest BCUT2D eigenvalue weighted by Crippen LogP contribution is -2.23. The van der Waals surface area contributed by atoms with Crippen molar-refractivity contribution in [1.82, 2.24) is 0 Å². The molecular weight excluding hydrogens is 194 g/mol. The number of amides is 1. The van der Waals surface area contributed by atoms with Gasteiger partial charge in [0, 0.05) is 11.8 Å². The summed E-state index contributed by atoms with van der Waals surface area (Å²) in [7, 11) is 0. The van der Waals surface area contributed by atoms with Crippen LogP contribution in [-0.4, -0.2) is 5.91 Å². The molecule has 0 fully saturated rings. The highest BCUT2D eigenvalue weighted by atomic mass is 32.2. The molecule has 0 unspecified atom stereocenters. The molecule has 1 aromatic rings. The standard InChI is InChI=1S/C11H11NOS/c1-3-11-12(8(2)13)9-6-4-5-7-10(9)14-11/h3-7H,1-2H3/b11-3-. The molecule has 1 aliphatic heterocycles. The number of carbonyl (C=O) groups is 1. The Balaban J connectivity index is 2.53. The second-order valence-electron chi connectivity index (χ2n) is 3.05. The predicted molar refractivity (Wildman–Crippen MR) is 59.2 cm³/mol. The van der Waals surface area contributed by atoms with E-state index in [9.17, 15) is 4.79 Å². The van der Waals surface area contributed by atoms with Crippen molar-refractivity contribution in [3.63, 3.8) is 0 Å². The Bertz CT molecular complexity index is 412. The molecule has 1 aliphatic rings. The van der Waals surface area contributed by atoms with Crippen LogP contribution in [0.2, 0.25) is 0 Å². The lowest BCUT2D eigenvalue weighted by Gasteiger charge is -2.15. The highest BCUT2D eigenvalue weighted by Crippen LogP contribution is 2.45. The van der Waals surface area contributed by atoms with Crippen molar-refractivity contribution in [2.24, 2.45) is 0 Å². The van der Waals surface area contributed by atoms with Gasteiger partial charge in [-0.25, -0.2) is 0 Å². The molecule has 1 aromatic carbocycles. The quantitative estimate of drug-likeness (QED) is 0.649. The first-order chi connectivity index (χ1) is 6.74. The lowest BCUT2D eigenvalue weighted by atomic mass is 10.3. The molecule has 0 saturated carbocycles. The number of hydrogen-bond acceptors (Lipinski definition) is 2. The van der Waals surface area contributed by atoms with Gasteiger partial charge in [-0.05, 0) is 19.1 Å². The highest BCUT2D eigenvalue weighted by Gasteiger charge is 2.26. The Hall–Kier alpha value is -1.22. The Kier molecular flexibility index (Phi) is 2.33. The van der Waals surface area contributed by atoms with Crippen molar-refractivity contribution in [2.45, 2.75) is 18.7 Å². The van der Waals surface area contributed by atoms with Crippen LogP contribution in [0.1, 0.15) is 13.8 Å². The number of fused-ring (bicyclic) bond motifs is 1. The number of nitrogens with zero attached hydrogens (tertiary/aromatic N) is 1. The minimum Gasteiger partial charge on any atom is -0.274 e. The number of hydrogen-bond donors (Lipinski definition) is 0. The molecule has 0 spiro atoms. The zero-order valence-corrected chi connectivity index (χ0v) is 8.97. The number of anilines is 1. The largest absolute Gasteiger partial charge is 0.274 e. The summed E-state index contributed by atoms with van der Waals surface area (Å²) in [5.41, 5.74) is 0.998. The van der Waals surface area contributed by atoms with Gasteiger partial charge in [-0.1, -0.05) is 30.0 Å². The van der Waals surface area contributed by atoms with E-state index in [-0.39, 0.29) is 5.91 Å². The Morgan fingerprint density at radius 1 is 1.43 bits per heavy atom. The van der Waals surface area contributed by atoms with Gasteiger partial charge in [-0.3, -0.25) is 9.69 Å². The first kappa shape index (κ1) is 9.34. The van der Waals surface area contributed by atoms with Crippen molar-refractivity contribution in [3.8, 4) is 0 Å². The van der Waals surface area contributed by atoms with E-state index < -0.39 is 0 Å². The fourth-order valence-electron chi connectivity index (χ4n) is 1.52. The molecular formula is C11H11NOS. The third kappa shape index (κ3) is 1.34. The van der Waals surface area contributed by atoms with Crippen LogP contribution in [0.15, 0.2) is 40.3 Å². The van der Waals surface area contributed by atoms with Gasteiger partial charge >= 0.3 is 0 Å². The van der Waals surface area contributed by atoms with E-state index in [2.05, 4.69) is 0 Å². The third-order valence-corrected chi connectivity index (χ3v) is 3.30. The van der Waals surface area contributed by atoms with Gasteiger partial charge in [0.2, 0.25) is 5.91 Å². The zero-order chi connectivity index (χ0) is 10.1. The third-order valence-electron chi connectivity index (χ3n) is 2.10. The van der Waals surface area contributed by atoms with Crippen molar-refractivity contribution in [1.29, 1.82) is 0 Å². The van der Waals surface area contributed by atoms with Gasteiger partial charge in [-0.2, -0.15) is 0 Å². The predicted octanol–water partition coefficient (Wildman–Crippen LogP) is 3.01. The monoisotopic (exact) mass is 205 g/mol. The average molecular weight is 205 g/mol. The molecule has 3 heteroatoms. The molecule has 0 saturated heterocycles. The van der Waals surface area contributed by atoms with E-state index in [1.807, 2.05) is 37.3 Å².